The largest absolute Gasteiger partial charge is 0.338 e. The first-order chi connectivity index (χ1) is 7.70. The third-order valence-corrected chi connectivity index (χ3v) is 2.83. The maximum Gasteiger partial charge on any atom is 0.109 e. The monoisotopic (exact) mass is 223 g/mol. The molecule has 3 heteroatoms. The zero-order valence-corrected chi connectivity index (χ0v) is 10.9. The van der Waals surface area contributed by atoms with Gasteiger partial charge in [0.2, 0.25) is 0 Å². The number of unbranched alkanes of at least 4 members (excludes halogenated alkanes) is 1. The van der Waals surface area contributed by atoms with Crippen molar-refractivity contribution in [2.45, 2.75) is 39.5 Å². The topological polar surface area (TPSA) is 29.9 Å². The predicted molar refractivity (Wildman–Crippen MR) is 68.5 cm³/mol. The molecule has 0 saturated heterocycles. The van der Waals surface area contributed by atoms with Crippen molar-refractivity contribution in [1.29, 1.82) is 0 Å². The van der Waals surface area contributed by atoms with E-state index in [4.69, 9.17) is 0 Å². The van der Waals surface area contributed by atoms with E-state index in [1.165, 1.54) is 19.3 Å². The number of nitrogens with one attached hydrogen (secondary N) is 1. The van der Waals surface area contributed by atoms with Crippen molar-refractivity contribution in [3.63, 3.8) is 0 Å². The summed E-state index contributed by atoms with van der Waals surface area (Å²) in [5, 5.41) is 3.47. The molecule has 0 aromatic carbocycles. The Bertz CT molecular complexity index is 278. The molecule has 16 heavy (non-hydrogen) atoms. The fourth-order valence-electron chi connectivity index (χ4n) is 1.77. The van der Waals surface area contributed by atoms with Crippen LogP contribution in [0.2, 0.25) is 0 Å². The summed E-state index contributed by atoms with van der Waals surface area (Å²) in [7, 11) is 2.05. The lowest BCUT2D eigenvalue weighted by Gasteiger charge is -2.06. The lowest BCUT2D eigenvalue weighted by molar-refractivity contribution is 0.520. The highest BCUT2D eigenvalue weighted by molar-refractivity contribution is 4.91. The molecule has 0 atom stereocenters. The molecule has 1 N–H and O–H groups in total. The zero-order valence-electron chi connectivity index (χ0n) is 10.9. The molecule has 0 bridgehead atoms. The number of nitrogens with zero attached hydrogens (tertiary/aromatic N) is 2. The van der Waals surface area contributed by atoms with Gasteiger partial charge in [-0.2, -0.15) is 0 Å². The average Bonchev–Trinajstić information content (AvgIpc) is 2.62. The molecule has 92 valence electrons. The van der Waals surface area contributed by atoms with E-state index in [9.17, 15) is 0 Å². The number of rotatable bonds is 8. The Hall–Kier alpha value is -0.830. The van der Waals surface area contributed by atoms with Crippen LogP contribution in [0, 0.1) is 5.92 Å². The van der Waals surface area contributed by atoms with Gasteiger partial charge < -0.3 is 9.88 Å². The molecule has 0 aliphatic heterocycles. The summed E-state index contributed by atoms with van der Waals surface area (Å²) < 4.78 is 2.08. The van der Waals surface area contributed by atoms with E-state index < -0.39 is 0 Å². The molecule has 0 aliphatic rings. The van der Waals surface area contributed by atoms with Crippen LogP contribution in [-0.2, 0) is 13.5 Å². The van der Waals surface area contributed by atoms with E-state index in [0.717, 1.165) is 31.3 Å². The van der Waals surface area contributed by atoms with Crippen LogP contribution in [0.4, 0.5) is 0 Å². The molecule has 0 unspecified atom stereocenters. The lowest BCUT2D eigenvalue weighted by atomic mass is 10.1. The molecule has 0 spiro atoms. The summed E-state index contributed by atoms with van der Waals surface area (Å²) in [6.45, 7) is 6.74. The highest BCUT2D eigenvalue weighted by atomic mass is 15.0. The first kappa shape index (κ1) is 13.2. The smallest absolute Gasteiger partial charge is 0.109 e. The second-order valence-electron chi connectivity index (χ2n) is 4.84. The molecular formula is C13H25N3. The number of hydrogen-bond donors (Lipinski definition) is 1. The summed E-state index contributed by atoms with van der Waals surface area (Å²) in [6, 6.07) is 0. The fraction of sp³-hybridized carbons (Fsp3) is 0.769. The molecule has 1 rings (SSSR count). The zero-order chi connectivity index (χ0) is 11.8. The van der Waals surface area contributed by atoms with Crippen LogP contribution in [0.3, 0.4) is 0 Å². The van der Waals surface area contributed by atoms with Crippen molar-refractivity contribution in [2.75, 3.05) is 13.1 Å². The summed E-state index contributed by atoms with van der Waals surface area (Å²) in [5.74, 6) is 2.00. The Labute approximate surface area is 99.3 Å². The van der Waals surface area contributed by atoms with Gasteiger partial charge in [-0.1, -0.05) is 26.7 Å². The van der Waals surface area contributed by atoms with E-state index in [2.05, 4.69) is 28.7 Å². The summed E-state index contributed by atoms with van der Waals surface area (Å²) in [6.07, 6.45) is 8.86. The Morgan fingerprint density at radius 2 is 2.12 bits per heavy atom. The van der Waals surface area contributed by atoms with Crippen LogP contribution in [-0.4, -0.2) is 22.6 Å². The maximum atomic E-state index is 4.30. The second kappa shape index (κ2) is 7.44. The minimum Gasteiger partial charge on any atom is -0.338 e. The van der Waals surface area contributed by atoms with Gasteiger partial charge in [-0.3, -0.25) is 0 Å². The molecule has 0 amide bonds. The van der Waals surface area contributed by atoms with E-state index in [1.54, 1.807) is 0 Å². The van der Waals surface area contributed by atoms with Gasteiger partial charge in [0.1, 0.15) is 5.82 Å². The predicted octanol–water partition coefficient (Wildman–Crippen LogP) is 2.38. The normalized spacial score (nSPS) is 11.2. The van der Waals surface area contributed by atoms with Gasteiger partial charge in [0.05, 0.1) is 0 Å². The van der Waals surface area contributed by atoms with Gasteiger partial charge in [0.25, 0.3) is 0 Å². The Kier molecular flexibility index (Phi) is 6.16. The first-order valence-electron chi connectivity index (χ1n) is 6.37. The van der Waals surface area contributed by atoms with Crippen molar-refractivity contribution >= 4 is 0 Å². The highest BCUT2D eigenvalue weighted by Crippen LogP contribution is 2.05. The Morgan fingerprint density at radius 3 is 2.75 bits per heavy atom. The van der Waals surface area contributed by atoms with Crippen molar-refractivity contribution in [2.24, 2.45) is 13.0 Å². The van der Waals surface area contributed by atoms with Crippen LogP contribution in [0.5, 0.6) is 0 Å². The number of imidazole rings is 1. The number of aromatic nitrogens is 2. The highest BCUT2D eigenvalue weighted by Gasteiger charge is 1.98. The minimum absolute atomic E-state index is 0.840. The van der Waals surface area contributed by atoms with Crippen LogP contribution in [0.15, 0.2) is 12.4 Å². The van der Waals surface area contributed by atoms with Gasteiger partial charge in [-0.15, -0.1) is 0 Å². The Balaban J connectivity index is 1.94. The van der Waals surface area contributed by atoms with Crippen LogP contribution in [0.25, 0.3) is 0 Å². The van der Waals surface area contributed by atoms with Crippen LogP contribution >= 0.6 is 0 Å². The average molecular weight is 223 g/mol. The van der Waals surface area contributed by atoms with Crippen molar-refractivity contribution in [3.05, 3.63) is 18.2 Å². The van der Waals surface area contributed by atoms with Crippen molar-refractivity contribution in [3.8, 4) is 0 Å². The number of aryl methyl sites for hydroxylation is 1. The SMILES string of the molecule is CC(C)CCCCNCCc1nccn1C. The minimum atomic E-state index is 0.840. The van der Waals surface area contributed by atoms with Crippen LogP contribution in [0.1, 0.15) is 38.9 Å². The second-order valence-corrected chi connectivity index (χ2v) is 4.84. The standard InChI is InChI=1S/C13H25N3/c1-12(2)6-4-5-8-14-9-7-13-15-10-11-16(13)3/h10-12,14H,4-9H2,1-3H3. The third kappa shape index (κ3) is 5.31. The Morgan fingerprint density at radius 1 is 1.31 bits per heavy atom. The van der Waals surface area contributed by atoms with Gasteiger partial charge in [0, 0.05) is 32.4 Å². The molecule has 0 saturated carbocycles. The van der Waals surface area contributed by atoms with E-state index in [-0.39, 0.29) is 0 Å². The van der Waals surface area contributed by atoms with E-state index in [1.807, 2.05) is 19.4 Å². The lowest BCUT2D eigenvalue weighted by Crippen LogP contribution is -2.19. The first-order valence-corrected chi connectivity index (χ1v) is 6.37. The van der Waals surface area contributed by atoms with Gasteiger partial charge in [-0.05, 0) is 18.9 Å². The van der Waals surface area contributed by atoms with Gasteiger partial charge >= 0.3 is 0 Å². The third-order valence-electron chi connectivity index (χ3n) is 2.83. The maximum absolute atomic E-state index is 4.30. The fourth-order valence-corrected chi connectivity index (χ4v) is 1.77. The van der Waals surface area contributed by atoms with Gasteiger partial charge in [0.15, 0.2) is 0 Å². The van der Waals surface area contributed by atoms with E-state index >= 15 is 0 Å². The summed E-state index contributed by atoms with van der Waals surface area (Å²) >= 11 is 0. The van der Waals surface area contributed by atoms with Crippen LogP contribution < -0.4 is 5.32 Å². The molecule has 1 heterocycles. The molecular weight excluding hydrogens is 198 g/mol. The van der Waals surface area contributed by atoms with Crippen molar-refractivity contribution in [1.82, 2.24) is 14.9 Å². The quantitative estimate of drug-likeness (QED) is 0.686. The van der Waals surface area contributed by atoms with E-state index in [0.29, 0.717) is 0 Å². The molecule has 1 aromatic heterocycles. The van der Waals surface area contributed by atoms with Gasteiger partial charge in [-0.25, -0.2) is 4.98 Å². The molecule has 0 radical (unpaired) electrons. The van der Waals surface area contributed by atoms with Crippen molar-refractivity contribution < 1.29 is 0 Å². The molecule has 3 nitrogen and oxygen atoms in total. The number of hydrogen-bond acceptors (Lipinski definition) is 2. The summed E-state index contributed by atoms with van der Waals surface area (Å²) in [5.41, 5.74) is 0. The summed E-state index contributed by atoms with van der Waals surface area (Å²) in [4.78, 5) is 4.30. The molecule has 0 aliphatic carbocycles. The molecule has 0 fully saturated rings. The molecule has 1 aromatic rings.